The van der Waals surface area contributed by atoms with E-state index in [4.69, 9.17) is 10.5 Å². The molecule has 0 atom stereocenters. The number of hydrogen-bond donors (Lipinski definition) is 2. The predicted molar refractivity (Wildman–Crippen MR) is 77.2 cm³/mol. The molecule has 3 nitrogen and oxygen atoms in total. The number of carboxylic acids is 1. The van der Waals surface area contributed by atoms with Crippen molar-refractivity contribution in [1.29, 1.82) is 5.41 Å². The van der Waals surface area contributed by atoms with E-state index in [0.717, 1.165) is 22.4 Å². The SMILES string of the molecule is CCSC(=N)c1cc(C(=O)O)c(C)cc1C(C)C. The summed E-state index contributed by atoms with van der Waals surface area (Å²) in [6, 6.07) is 3.53. The second kappa shape index (κ2) is 6.05. The van der Waals surface area contributed by atoms with Crippen molar-refractivity contribution >= 4 is 22.8 Å². The Labute approximate surface area is 112 Å². The maximum Gasteiger partial charge on any atom is 0.335 e. The summed E-state index contributed by atoms with van der Waals surface area (Å²) in [6.07, 6.45) is 0. The van der Waals surface area contributed by atoms with Crippen LogP contribution in [0.5, 0.6) is 0 Å². The van der Waals surface area contributed by atoms with Crippen LogP contribution in [0.15, 0.2) is 12.1 Å². The molecule has 0 bridgehead atoms. The summed E-state index contributed by atoms with van der Waals surface area (Å²) < 4.78 is 0. The molecule has 1 rings (SSSR count). The van der Waals surface area contributed by atoms with Gasteiger partial charge in [-0.2, -0.15) is 0 Å². The van der Waals surface area contributed by atoms with Gasteiger partial charge in [-0.1, -0.05) is 26.8 Å². The summed E-state index contributed by atoms with van der Waals surface area (Å²) >= 11 is 1.43. The van der Waals surface area contributed by atoms with Gasteiger partial charge in [0.25, 0.3) is 0 Å². The lowest BCUT2D eigenvalue weighted by Crippen LogP contribution is -2.08. The zero-order chi connectivity index (χ0) is 13.9. The minimum absolute atomic E-state index is 0.277. The van der Waals surface area contributed by atoms with Gasteiger partial charge < -0.3 is 5.11 Å². The van der Waals surface area contributed by atoms with E-state index in [1.54, 1.807) is 13.0 Å². The van der Waals surface area contributed by atoms with E-state index in [-0.39, 0.29) is 11.5 Å². The normalized spacial score (nSPS) is 10.7. The average Bonchev–Trinajstić information content (AvgIpc) is 2.28. The first-order valence-electron chi connectivity index (χ1n) is 5.98. The van der Waals surface area contributed by atoms with Gasteiger partial charge in [0, 0.05) is 5.56 Å². The van der Waals surface area contributed by atoms with Crippen molar-refractivity contribution < 1.29 is 9.90 Å². The molecule has 1 aromatic carbocycles. The first-order valence-corrected chi connectivity index (χ1v) is 6.96. The van der Waals surface area contributed by atoms with Gasteiger partial charge in [-0.3, -0.25) is 5.41 Å². The lowest BCUT2D eigenvalue weighted by Gasteiger charge is -2.16. The van der Waals surface area contributed by atoms with Crippen LogP contribution in [-0.4, -0.2) is 21.9 Å². The van der Waals surface area contributed by atoms with Crippen LogP contribution in [0.4, 0.5) is 0 Å². The number of hydrogen-bond acceptors (Lipinski definition) is 3. The maximum absolute atomic E-state index is 11.2. The molecular formula is C14H19NO2S. The van der Waals surface area contributed by atoms with E-state index in [2.05, 4.69) is 13.8 Å². The first kappa shape index (κ1) is 14.8. The van der Waals surface area contributed by atoms with Gasteiger partial charge in [0.15, 0.2) is 0 Å². The molecule has 0 radical (unpaired) electrons. The number of aromatic carboxylic acids is 1. The lowest BCUT2D eigenvalue weighted by molar-refractivity contribution is 0.0696. The molecule has 0 fully saturated rings. The number of benzene rings is 1. The fourth-order valence-corrected chi connectivity index (χ4v) is 2.48. The number of nitrogens with one attached hydrogen (secondary N) is 1. The van der Waals surface area contributed by atoms with Crippen LogP contribution in [0.3, 0.4) is 0 Å². The van der Waals surface area contributed by atoms with Crippen molar-refractivity contribution in [1.82, 2.24) is 0 Å². The second-order valence-electron chi connectivity index (χ2n) is 4.48. The van der Waals surface area contributed by atoms with Crippen molar-refractivity contribution in [3.05, 3.63) is 34.4 Å². The Hall–Kier alpha value is -1.29. The van der Waals surface area contributed by atoms with E-state index in [0.29, 0.717) is 5.04 Å². The van der Waals surface area contributed by atoms with Gasteiger partial charge in [-0.25, -0.2) is 4.79 Å². The number of aryl methyl sites for hydroxylation is 1. The Morgan fingerprint density at radius 3 is 2.44 bits per heavy atom. The molecule has 1 aromatic rings. The van der Waals surface area contributed by atoms with E-state index in [1.807, 2.05) is 13.0 Å². The molecule has 2 N–H and O–H groups in total. The fourth-order valence-electron chi connectivity index (χ4n) is 1.86. The molecule has 0 aliphatic heterocycles. The monoisotopic (exact) mass is 265 g/mol. The molecule has 98 valence electrons. The van der Waals surface area contributed by atoms with Crippen LogP contribution in [0, 0.1) is 12.3 Å². The van der Waals surface area contributed by atoms with Gasteiger partial charge in [0.2, 0.25) is 0 Å². The van der Waals surface area contributed by atoms with Crippen molar-refractivity contribution in [3.63, 3.8) is 0 Å². The third kappa shape index (κ3) is 3.13. The molecule has 0 amide bonds. The van der Waals surface area contributed by atoms with Crippen LogP contribution in [0.25, 0.3) is 0 Å². The number of thioether (sulfide) groups is 1. The Bertz CT molecular complexity index is 481. The number of carboxylic acid groups (broad SMARTS) is 1. The van der Waals surface area contributed by atoms with Crippen LogP contribution in [0.1, 0.15) is 53.7 Å². The summed E-state index contributed by atoms with van der Waals surface area (Å²) in [5.41, 5.74) is 2.84. The molecule has 0 saturated carbocycles. The Morgan fingerprint density at radius 2 is 2.00 bits per heavy atom. The molecule has 0 unspecified atom stereocenters. The Kier molecular flexibility index (Phi) is 4.96. The smallest absolute Gasteiger partial charge is 0.335 e. The average molecular weight is 265 g/mol. The molecule has 0 aliphatic rings. The summed E-state index contributed by atoms with van der Waals surface area (Å²) in [6.45, 7) is 7.90. The number of carbonyl (C=O) groups is 1. The highest BCUT2D eigenvalue weighted by molar-refractivity contribution is 8.14. The molecule has 0 aromatic heterocycles. The van der Waals surface area contributed by atoms with Crippen molar-refractivity contribution in [2.24, 2.45) is 0 Å². The highest BCUT2D eigenvalue weighted by Crippen LogP contribution is 2.27. The summed E-state index contributed by atoms with van der Waals surface area (Å²) in [4.78, 5) is 11.2. The quantitative estimate of drug-likeness (QED) is 0.641. The van der Waals surface area contributed by atoms with Crippen LogP contribution in [0.2, 0.25) is 0 Å². The molecule has 0 aliphatic carbocycles. The highest BCUT2D eigenvalue weighted by Gasteiger charge is 2.17. The molecule has 0 heterocycles. The molecular weight excluding hydrogens is 246 g/mol. The zero-order valence-corrected chi connectivity index (χ0v) is 12.0. The zero-order valence-electron chi connectivity index (χ0n) is 11.2. The summed E-state index contributed by atoms with van der Waals surface area (Å²) in [5.74, 6) is 0.157. The number of rotatable bonds is 4. The molecule has 0 saturated heterocycles. The third-order valence-corrected chi connectivity index (χ3v) is 3.58. The minimum atomic E-state index is -0.932. The van der Waals surface area contributed by atoms with E-state index >= 15 is 0 Å². The molecule has 18 heavy (non-hydrogen) atoms. The lowest BCUT2D eigenvalue weighted by atomic mass is 9.92. The van der Waals surface area contributed by atoms with Crippen molar-refractivity contribution in [2.45, 2.75) is 33.6 Å². The van der Waals surface area contributed by atoms with Gasteiger partial charge in [-0.15, -0.1) is 11.8 Å². The minimum Gasteiger partial charge on any atom is -0.478 e. The standard InChI is InChI=1S/C14H19NO2S/c1-5-18-13(15)12-7-11(14(16)17)9(4)6-10(12)8(2)3/h6-8,15H,5H2,1-4H3,(H,16,17). The summed E-state index contributed by atoms with van der Waals surface area (Å²) in [5, 5.41) is 17.6. The van der Waals surface area contributed by atoms with Gasteiger partial charge in [0.1, 0.15) is 0 Å². The van der Waals surface area contributed by atoms with E-state index in [1.165, 1.54) is 11.8 Å². The fraction of sp³-hybridized carbons (Fsp3) is 0.429. The van der Waals surface area contributed by atoms with E-state index < -0.39 is 5.97 Å². The van der Waals surface area contributed by atoms with Crippen LogP contribution < -0.4 is 0 Å². The molecule has 4 heteroatoms. The topological polar surface area (TPSA) is 61.2 Å². The molecule has 0 spiro atoms. The van der Waals surface area contributed by atoms with Crippen molar-refractivity contribution in [3.8, 4) is 0 Å². The highest BCUT2D eigenvalue weighted by atomic mass is 32.2. The van der Waals surface area contributed by atoms with Crippen molar-refractivity contribution in [2.75, 3.05) is 5.75 Å². The van der Waals surface area contributed by atoms with E-state index in [9.17, 15) is 4.79 Å². The predicted octanol–water partition coefficient (Wildman–Crippen LogP) is 3.90. The van der Waals surface area contributed by atoms with Gasteiger partial charge in [0.05, 0.1) is 10.6 Å². The van der Waals surface area contributed by atoms with Crippen LogP contribution in [-0.2, 0) is 0 Å². The Morgan fingerprint density at radius 1 is 1.39 bits per heavy atom. The third-order valence-electron chi connectivity index (χ3n) is 2.78. The Balaban J connectivity index is 3.40. The second-order valence-corrected chi connectivity index (χ2v) is 5.75. The summed E-state index contributed by atoms with van der Waals surface area (Å²) in [7, 11) is 0. The largest absolute Gasteiger partial charge is 0.478 e. The van der Waals surface area contributed by atoms with Gasteiger partial charge >= 0.3 is 5.97 Å². The van der Waals surface area contributed by atoms with Gasteiger partial charge in [-0.05, 0) is 35.8 Å². The van der Waals surface area contributed by atoms with Crippen LogP contribution >= 0.6 is 11.8 Å². The first-order chi connectivity index (χ1) is 8.38. The maximum atomic E-state index is 11.2.